The summed E-state index contributed by atoms with van der Waals surface area (Å²) >= 11 is 0. The van der Waals surface area contributed by atoms with Crippen LogP contribution >= 0.6 is 0 Å². The summed E-state index contributed by atoms with van der Waals surface area (Å²) < 4.78 is 11.2. The molecule has 152 valence electrons. The summed E-state index contributed by atoms with van der Waals surface area (Å²) in [5.41, 5.74) is 1.85. The van der Waals surface area contributed by atoms with Crippen LogP contribution in [0.5, 0.6) is 11.5 Å². The minimum atomic E-state index is -0.184. The van der Waals surface area contributed by atoms with E-state index in [0.717, 1.165) is 36.5 Å². The van der Waals surface area contributed by atoms with E-state index >= 15 is 0 Å². The highest BCUT2D eigenvalue weighted by Crippen LogP contribution is 2.23. The zero-order chi connectivity index (χ0) is 20.2. The molecule has 0 fully saturated rings. The fourth-order valence-corrected chi connectivity index (χ4v) is 2.83. The highest BCUT2D eigenvalue weighted by Gasteiger charge is 2.10. The Labute approximate surface area is 169 Å². The van der Waals surface area contributed by atoms with Crippen molar-refractivity contribution in [2.24, 2.45) is 5.92 Å². The summed E-state index contributed by atoms with van der Waals surface area (Å²) in [5, 5.41) is 0. The van der Waals surface area contributed by atoms with E-state index in [2.05, 4.69) is 25.8 Å². The van der Waals surface area contributed by atoms with Crippen molar-refractivity contribution in [3.05, 3.63) is 42.6 Å². The molecule has 0 aliphatic rings. The van der Waals surface area contributed by atoms with E-state index in [4.69, 9.17) is 9.47 Å². The van der Waals surface area contributed by atoms with Crippen molar-refractivity contribution in [2.45, 2.75) is 65.7 Å². The van der Waals surface area contributed by atoms with Crippen LogP contribution in [0, 0.1) is 5.92 Å². The minimum absolute atomic E-state index is 0.184. The molecule has 28 heavy (non-hydrogen) atoms. The van der Waals surface area contributed by atoms with Crippen LogP contribution in [0.2, 0.25) is 0 Å². The van der Waals surface area contributed by atoms with E-state index in [1.54, 1.807) is 6.20 Å². The lowest BCUT2D eigenvalue weighted by Crippen LogP contribution is -2.11. The van der Waals surface area contributed by atoms with Gasteiger partial charge in [-0.05, 0) is 48.7 Å². The third kappa shape index (κ3) is 7.71. The van der Waals surface area contributed by atoms with Gasteiger partial charge in [0.25, 0.3) is 0 Å². The molecule has 2 aromatic rings. The second kappa shape index (κ2) is 12.2. The maximum Gasteiger partial charge on any atom is 0.311 e. The first kappa shape index (κ1) is 21.9. The third-order valence-electron chi connectivity index (χ3n) is 4.85. The molecule has 4 nitrogen and oxygen atoms in total. The third-order valence-corrected chi connectivity index (χ3v) is 4.85. The maximum absolute atomic E-state index is 11.9. The van der Waals surface area contributed by atoms with Gasteiger partial charge in [0.1, 0.15) is 11.5 Å². The van der Waals surface area contributed by atoms with E-state index in [1.165, 1.54) is 25.7 Å². The molecule has 1 atom stereocenters. The van der Waals surface area contributed by atoms with E-state index in [1.807, 2.05) is 36.4 Å². The molecule has 0 aliphatic heterocycles. The zero-order valence-corrected chi connectivity index (χ0v) is 17.4. The van der Waals surface area contributed by atoms with Gasteiger partial charge < -0.3 is 9.47 Å². The predicted molar refractivity (Wildman–Crippen MR) is 114 cm³/mol. The van der Waals surface area contributed by atoms with Crippen molar-refractivity contribution >= 4 is 5.97 Å². The van der Waals surface area contributed by atoms with Crippen molar-refractivity contribution < 1.29 is 14.3 Å². The first-order valence-electron chi connectivity index (χ1n) is 10.5. The van der Waals surface area contributed by atoms with E-state index < -0.39 is 0 Å². The van der Waals surface area contributed by atoms with Crippen LogP contribution < -0.4 is 9.47 Å². The lowest BCUT2D eigenvalue weighted by atomic mass is 10.1. The van der Waals surface area contributed by atoms with Gasteiger partial charge in [0.2, 0.25) is 0 Å². The molecule has 0 amide bonds. The number of pyridine rings is 1. The monoisotopic (exact) mass is 383 g/mol. The van der Waals surface area contributed by atoms with Gasteiger partial charge in [0.05, 0.1) is 18.5 Å². The van der Waals surface area contributed by atoms with Gasteiger partial charge in [0, 0.05) is 12.0 Å². The van der Waals surface area contributed by atoms with Crippen LogP contribution in [0.4, 0.5) is 0 Å². The van der Waals surface area contributed by atoms with Crippen molar-refractivity contribution in [3.63, 3.8) is 0 Å². The molecule has 1 unspecified atom stereocenters. The number of nitrogens with zero attached hydrogens (tertiary/aromatic N) is 1. The molecule has 0 saturated heterocycles. The lowest BCUT2D eigenvalue weighted by Gasteiger charge is -2.09. The van der Waals surface area contributed by atoms with Crippen molar-refractivity contribution in [2.75, 3.05) is 6.61 Å². The second-order valence-corrected chi connectivity index (χ2v) is 7.36. The molecule has 4 heteroatoms. The Bertz CT molecular complexity index is 695. The van der Waals surface area contributed by atoms with Crippen LogP contribution in [0.25, 0.3) is 11.3 Å². The number of benzene rings is 1. The minimum Gasteiger partial charge on any atom is -0.492 e. The summed E-state index contributed by atoms with van der Waals surface area (Å²) in [6, 6.07) is 11.4. The molecular formula is C24H33NO3. The van der Waals surface area contributed by atoms with Gasteiger partial charge in [-0.1, -0.05) is 52.9 Å². The van der Waals surface area contributed by atoms with Crippen molar-refractivity contribution in [1.82, 2.24) is 4.98 Å². The first-order valence-corrected chi connectivity index (χ1v) is 10.5. The Kier molecular flexibility index (Phi) is 9.53. The van der Waals surface area contributed by atoms with E-state index in [-0.39, 0.29) is 5.97 Å². The molecule has 0 radical (unpaired) electrons. The number of hydrogen-bond acceptors (Lipinski definition) is 4. The summed E-state index contributed by atoms with van der Waals surface area (Å²) in [4.78, 5) is 16.4. The second-order valence-electron chi connectivity index (χ2n) is 7.36. The number of ether oxygens (including phenoxy) is 2. The number of hydrogen-bond donors (Lipinski definition) is 0. The molecule has 0 N–H and O–H groups in total. The highest BCUT2D eigenvalue weighted by atomic mass is 16.5. The van der Waals surface area contributed by atoms with Crippen LogP contribution in [0.1, 0.15) is 65.7 Å². The summed E-state index contributed by atoms with van der Waals surface area (Å²) in [6.07, 6.45) is 9.31. The Hall–Kier alpha value is -2.36. The van der Waals surface area contributed by atoms with Gasteiger partial charge in [-0.15, -0.1) is 0 Å². The topological polar surface area (TPSA) is 48.4 Å². The molecule has 1 heterocycles. The van der Waals surface area contributed by atoms with E-state index in [0.29, 0.717) is 18.1 Å². The summed E-state index contributed by atoms with van der Waals surface area (Å²) in [5.74, 6) is 1.53. The van der Waals surface area contributed by atoms with Crippen LogP contribution in [-0.2, 0) is 4.79 Å². The van der Waals surface area contributed by atoms with Crippen LogP contribution in [0.15, 0.2) is 42.6 Å². The van der Waals surface area contributed by atoms with Crippen molar-refractivity contribution in [3.8, 4) is 22.8 Å². The predicted octanol–water partition coefficient (Wildman–Crippen LogP) is 6.44. The Morgan fingerprint density at radius 1 is 0.964 bits per heavy atom. The quantitative estimate of drug-likeness (QED) is 0.240. The zero-order valence-electron chi connectivity index (χ0n) is 17.4. The first-order chi connectivity index (χ1) is 13.6. The fraction of sp³-hybridized carbons (Fsp3) is 0.500. The fourth-order valence-electron chi connectivity index (χ4n) is 2.83. The number of carbonyl (C=O) groups is 1. The number of unbranched alkanes of at least 4 members (excludes halogenated alkanes) is 4. The number of carbonyl (C=O) groups excluding carboxylic acids is 1. The number of aromatic nitrogens is 1. The molecule has 1 aromatic heterocycles. The standard InChI is InChI=1S/C24H33NO3/c1-4-6-7-8-9-16-27-22-14-15-23(25-18-22)20-10-12-21(13-11-20)28-24(26)17-19(3)5-2/h10-15,18-19H,4-9,16-17H2,1-3H3. The number of esters is 1. The van der Waals surface area contributed by atoms with Gasteiger partial charge in [-0.2, -0.15) is 0 Å². The Balaban J connectivity index is 1.82. The van der Waals surface area contributed by atoms with Crippen molar-refractivity contribution in [1.29, 1.82) is 0 Å². The largest absolute Gasteiger partial charge is 0.492 e. The smallest absolute Gasteiger partial charge is 0.311 e. The van der Waals surface area contributed by atoms with E-state index in [9.17, 15) is 4.79 Å². The molecule has 0 saturated carbocycles. The number of rotatable bonds is 12. The molecule has 0 bridgehead atoms. The van der Waals surface area contributed by atoms with Crippen LogP contribution in [-0.4, -0.2) is 17.6 Å². The summed E-state index contributed by atoms with van der Waals surface area (Å²) in [7, 11) is 0. The van der Waals surface area contributed by atoms with Gasteiger partial charge in [0.15, 0.2) is 0 Å². The average Bonchev–Trinajstić information content (AvgIpc) is 2.71. The SMILES string of the molecule is CCCCCCCOc1ccc(-c2ccc(OC(=O)CC(C)CC)cc2)nc1. The van der Waals surface area contributed by atoms with Gasteiger partial charge in [-0.25, -0.2) is 0 Å². The van der Waals surface area contributed by atoms with Gasteiger partial charge >= 0.3 is 5.97 Å². The lowest BCUT2D eigenvalue weighted by molar-refractivity contribution is -0.135. The molecule has 0 aliphatic carbocycles. The Morgan fingerprint density at radius 2 is 1.68 bits per heavy atom. The molecule has 0 spiro atoms. The summed E-state index contributed by atoms with van der Waals surface area (Å²) in [6.45, 7) is 7.08. The maximum atomic E-state index is 11.9. The molecule has 2 rings (SSSR count). The molecular weight excluding hydrogens is 350 g/mol. The molecule has 1 aromatic carbocycles. The Morgan fingerprint density at radius 3 is 2.32 bits per heavy atom. The normalized spacial score (nSPS) is 11.8. The average molecular weight is 384 g/mol. The highest BCUT2D eigenvalue weighted by molar-refractivity contribution is 5.73. The van der Waals surface area contributed by atoms with Crippen LogP contribution in [0.3, 0.4) is 0 Å². The van der Waals surface area contributed by atoms with Gasteiger partial charge in [-0.3, -0.25) is 9.78 Å².